The molecule has 4 nitrogen and oxygen atoms in total. The molecule has 0 atom stereocenters. The molecule has 0 unspecified atom stereocenters. The summed E-state index contributed by atoms with van der Waals surface area (Å²) in [5.41, 5.74) is 2.18. The van der Waals surface area contributed by atoms with Gasteiger partial charge in [0.2, 0.25) is 5.95 Å². The summed E-state index contributed by atoms with van der Waals surface area (Å²) in [7, 11) is 2.07. The Hall–Kier alpha value is -1.33. The summed E-state index contributed by atoms with van der Waals surface area (Å²) in [6.07, 6.45) is 3.30. The lowest BCUT2D eigenvalue weighted by atomic mass is 10.2. The van der Waals surface area contributed by atoms with Crippen LogP contribution in [0.15, 0.2) is 34.9 Å². The van der Waals surface area contributed by atoms with Crippen molar-refractivity contribution in [3.63, 3.8) is 0 Å². The van der Waals surface area contributed by atoms with Crippen molar-refractivity contribution in [2.24, 2.45) is 7.05 Å². The van der Waals surface area contributed by atoms with Crippen molar-refractivity contribution in [2.75, 3.05) is 24.6 Å². The van der Waals surface area contributed by atoms with Crippen molar-refractivity contribution in [1.82, 2.24) is 14.6 Å². The third kappa shape index (κ3) is 2.47. The third-order valence-corrected chi connectivity index (χ3v) is 4.24. The predicted octanol–water partition coefficient (Wildman–Crippen LogP) is 3.30. The van der Waals surface area contributed by atoms with Gasteiger partial charge < -0.3 is 4.57 Å². The SMILES string of the molecule is CCN1CCCN1c1nc(-c2ccc(Br)cc2)cn1C. The van der Waals surface area contributed by atoms with Crippen LogP contribution in [0.5, 0.6) is 0 Å². The van der Waals surface area contributed by atoms with Gasteiger partial charge in [-0.15, -0.1) is 0 Å². The van der Waals surface area contributed by atoms with Crippen LogP contribution in [0, 0.1) is 0 Å². The number of aryl methyl sites for hydroxylation is 1. The quantitative estimate of drug-likeness (QED) is 0.860. The van der Waals surface area contributed by atoms with E-state index in [0.717, 1.165) is 41.3 Å². The average molecular weight is 335 g/mol. The van der Waals surface area contributed by atoms with Crippen molar-refractivity contribution < 1.29 is 0 Å². The van der Waals surface area contributed by atoms with Crippen LogP contribution in [0.1, 0.15) is 13.3 Å². The highest BCUT2D eigenvalue weighted by molar-refractivity contribution is 9.10. The van der Waals surface area contributed by atoms with Gasteiger partial charge in [0.05, 0.1) is 5.69 Å². The van der Waals surface area contributed by atoms with E-state index in [-0.39, 0.29) is 0 Å². The summed E-state index contributed by atoms with van der Waals surface area (Å²) in [5.74, 6) is 1.03. The van der Waals surface area contributed by atoms with Gasteiger partial charge in [-0.3, -0.25) is 5.01 Å². The molecule has 0 N–H and O–H groups in total. The lowest BCUT2D eigenvalue weighted by Gasteiger charge is -2.27. The van der Waals surface area contributed by atoms with Gasteiger partial charge in [-0.2, -0.15) is 0 Å². The summed E-state index contributed by atoms with van der Waals surface area (Å²) in [4.78, 5) is 4.82. The minimum absolute atomic E-state index is 1.03. The molecule has 1 saturated heterocycles. The van der Waals surface area contributed by atoms with Gasteiger partial charge in [0.15, 0.2) is 0 Å². The number of rotatable bonds is 3. The standard InChI is InChI=1S/C15H19BrN4/c1-3-19-9-4-10-20(19)15-17-14(11-18(15)2)12-5-7-13(16)8-6-12/h5-8,11H,3-4,9-10H2,1-2H3. The Balaban J connectivity index is 1.93. The van der Waals surface area contributed by atoms with Crippen molar-refractivity contribution in [1.29, 1.82) is 0 Å². The Kier molecular flexibility index (Phi) is 3.81. The normalized spacial score (nSPS) is 16.1. The zero-order valence-corrected chi connectivity index (χ0v) is 13.5. The molecule has 1 aliphatic heterocycles. The molecule has 1 aromatic carbocycles. The Morgan fingerprint density at radius 2 is 1.95 bits per heavy atom. The minimum Gasteiger partial charge on any atom is -0.319 e. The minimum atomic E-state index is 1.03. The first-order valence-corrected chi connectivity index (χ1v) is 7.80. The van der Waals surface area contributed by atoms with Crippen molar-refractivity contribution in [3.05, 3.63) is 34.9 Å². The maximum Gasteiger partial charge on any atom is 0.220 e. The molecule has 2 heterocycles. The van der Waals surface area contributed by atoms with Crippen LogP contribution in [0.4, 0.5) is 5.95 Å². The highest BCUT2D eigenvalue weighted by Gasteiger charge is 2.24. The molecule has 5 heteroatoms. The first-order chi connectivity index (χ1) is 9.69. The van der Waals surface area contributed by atoms with Gasteiger partial charge in [-0.25, -0.2) is 9.99 Å². The van der Waals surface area contributed by atoms with E-state index in [1.54, 1.807) is 0 Å². The number of anilines is 1. The van der Waals surface area contributed by atoms with Gasteiger partial charge in [0, 0.05) is 42.9 Å². The van der Waals surface area contributed by atoms with Crippen molar-refractivity contribution in [3.8, 4) is 11.3 Å². The zero-order chi connectivity index (χ0) is 14.1. The fourth-order valence-electron chi connectivity index (χ4n) is 2.68. The molecule has 0 radical (unpaired) electrons. The lowest BCUT2D eigenvalue weighted by Crippen LogP contribution is -2.37. The molecule has 1 aromatic heterocycles. The molecule has 0 bridgehead atoms. The average Bonchev–Trinajstić information content (AvgIpc) is 3.05. The first kappa shape index (κ1) is 13.6. The number of aromatic nitrogens is 2. The predicted molar refractivity (Wildman–Crippen MR) is 85.6 cm³/mol. The van der Waals surface area contributed by atoms with E-state index in [2.05, 4.69) is 74.9 Å². The lowest BCUT2D eigenvalue weighted by molar-refractivity contribution is 0.321. The molecule has 0 aliphatic carbocycles. The second-order valence-corrected chi connectivity index (χ2v) is 5.98. The molecular weight excluding hydrogens is 316 g/mol. The number of benzene rings is 1. The third-order valence-electron chi connectivity index (χ3n) is 3.72. The number of hydrogen-bond donors (Lipinski definition) is 0. The number of imidazole rings is 1. The second kappa shape index (κ2) is 5.58. The van der Waals surface area contributed by atoms with Gasteiger partial charge >= 0.3 is 0 Å². The molecule has 0 saturated carbocycles. The van der Waals surface area contributed by atoms with Crippen LogP contribution in [0.25, 0.3) is 11.3 Å². The maximum absolute atomic E-state index is 4.82. The summed E-state index contributed by atoms with van der Waals surface area (Å²) in [6, 6.07) is 8.30. The van der Waals surface area contributed by atoms with Crippen molar-refractivity contribution in [2.45, 2.75) is 13.3 Å². The second-order valence-electron chi connectivity index (χ2n) is 5.07. The molecule has 0 spiro atoms. The summed E-state index contributed by atoms with van der Waals surface area (Å²) >= 11 is 3.47. The van der Waals surface area contributed by atoms with E-state index in [1.807, 2.05) is 0 Å². The van der Waals surface area contributed by atoms with E-state index >= 15 is 0 Å². The number of nitrogens with zero attached hydrogens (tertiary/aromatic N) is 4. The molecule has 106 valence electrons. The maximum atomic E-state index is 4.82. The fraction of sp³-hybridized carbons (Fsp3) is 0.400. The largest absolute Gasteiger partial charge is 0.319 e. The highest BCUT2D eigenvalue weighted by atomic mass is 79.9. The Morgan fingerprint density at radius 3 is 2.65 bits per heavy atom. The summed E-state index contributed by atoms with van der Waals surface area (Å²) in [6.45, 7) is 5.40. The topological polar surface area (TPSA) is 24.3 Å². The van der Waals surface area contributed by atoms with Gasteiger partial charge in [-0.05, 0) is 18.6 Å². The van der Waals surface area contributed by atoms with E-state index in [9.17, 15) is 0 Å². The van der Waals surface area contributed by atoms with Crippen LogP contribution in [-0.2, 0) is 7.05 Å². The number of halogens is 1. The highest BCUT2D eigenvalue weighted by Crippen LogP contribution is 2.26. The van der Waals surface area contributed by atoms with Gasteiger partial charge in [0.1, 0.15) is 0 Å². The number of hydrazine groups is 1. The van der Waals surface area contributed by atoms with Crippen molar-refractivity contribution >= 4 is 21.9 Å². The summed E-state index contributed by atoms with van der Waals surface area (Å²) in [5, 5.41) is 4.65. The smallest absolute Gasteiger partial charge is 0.220 e. The first-order valence-electron chi connectivity index (χ1n) is 7.00. The van der Waals surface area contributed by atoms with Crippen LogP contribution in [-0.4, -0.2) is 34.2 Å². The van der Waals surface area contributed by atoms with E-state index in [4.69, 9.17) is 4.98 Å². The zero-order valence-electron chi connectivity index (χ0n) is 11.9. The molecule has 3 rings (SSSR count). The Bertz CT molecular complexity index is 590. The fourth-order valence-corrected chi connectivity index (χ4v) is 2.94. The molecule has 1 fully saturated rings. The van der Waals surface area contributed by atoms with E-state index in [1.165, 1.54) is 6.42 Å². The molecular formula is C15H19BrN4. The Labute approximate surface area is 128 Å². The molecule has 1 aliphatic rings. The molecule has 2 aromatic rings. The van der Waals surface area contributed by atoms with Gasteiger partial charge in [-0.1, -0.05) is 35.0 Å². The van der Waals surface area contributed by atoms with Crippen LogP contribution in [0.2, 0.25) is 0 Å². The molecule has 20 heavy (non-hydrogen) atoms. The summed E-state index contributed by atoms with van der Waals surface area (Å²) < 4.78 is 3.21. The number of hydrogen-bond acceptors (Lipinski definition) is 3. The van der Waals surface area contributed by atoms with Crippen LogP contribution in [0.3, 0.4) is 0 Å². The monoisotopic (exact) mass is 334 g/mol. The van der Waals surface area contributed by atoms with Crippen LogP contribution < -0.4 is 5.01 Å². The van der Waals surface area contributed by atoms with E-state index in [0.29, 0.717) is 0 Å². The Morgan fingerprint density at radius 1 is 1.20 bits per heavy atom. The van der Waals surface area contributed by atoms with Crippen LogP contribution >= 0.6 is 15.9 Å². The van der Waals surface area contributed by atoms with Gasteiger partial charge in [0.25, 0.3) is 0 Å². The van der Waals surface area contributed by atoms with E-state index < -0.39 is 0 Å². The molecule has 0 amide bonds.